The van der Waals surface area contributed by atoms with Crippen LogP contribution in [0.2, 0.25) is 0 Å². The molecular formula is C31H40N4O2. The Bertz CT molecular complexity index is 1150. The Morgan fingerprint density at radius 1 is 0.919 bits per heavy atom. The molecule has 0 saturated carbocycles. The lowest BCUT2D eigenvalue weighted by atomic mass is 9.87. The first-order chi connectivity index (χ1) is 17.8. The van der Waals surface area contributed by atoms with Crippen molar-refractivity contribution in [1.29, 1.82) is 0 Å². The van der Waals surface area contributed by atoms with Crippen molar-refractivity contribution in [3.05, 3.63) is 71.6 Å². The maximum absolute atomic E-state index is 13.2. The monoisotopic (exact) mass is 500 g/mol. The topological polar surface area (TPSA) is 62.5 Å². The summed E-state index contributed by atoms with van der Waals surface area (Å²) in [7, 11) is 0. The second-order valence-electron chi connectivity index (χ2n) is 11.8. The quantitative estimate of drug-likeness (QED) is 0.433. The van der Waals surface area contributed by atoms with E-state index in [4.69, 9.17) is 4.52 Å². The average molecular weight is 501 g/mol. The summed E-state index contributed by atoms with van der Waals surface area (Å²) in [4.78, 5) is 22.3. The second-order valence-corrected chi connectivity index (χ2v) is 11.8. The molecular weight excluding hydrogens is 460 g/mol. The van der Waals surface area contributed by atoms with Crippen molar-refractivity contribution in [2.75, 3.05) is 26.2 Å². The first-order valence-corrected chi connectivity index (χ1v) is 13.8. The van der Waals surface area contributed by atoms with E-state index in [0.717, 1.165) is 63.8 Å². The summed E-state index contributed by atoms with van der Waals surface area (Å²) in [5.74, 6) is 2.46. The van der Waals surface area contributed by atoms with Gasteiger partial charge in [-0.15, -0.1) is 0 Å². The highest BCUT2D eigenvalue weighted by Gasteiger charge is 2.31. The lowest BCUT2D eigenvalue weighted by molar-refractivity contribution is -0.138. The van der Waals surface area contributed by atoms with Crippen LogP contribution in [0.25, 0.3) is 11.4 Å². The standard InChI is InChI=1S/C31H40N4O2/c1-31(2,3)27-11-9-25(10-12-27)29-32-28(37-33-29)22-34-17-15-26(16-18-34)30(36)35-19-13-24(14-20-35)21-23-7-5-4-6-8-23/h4-12,24,26H,13-22H2,1-3H3. The average Bonchev–Trinajstić information content (AvgIpc) is 3.38. The summed E-state index contributed by atoms with van der Waals surface area (Å²) < 4.78 is 5.56. The van der Waals surface area contributed by atoms with Crippen LogP contribution >= 0.6 is 0 Å². The molecule has 2 aromatic carbocycles. The minimum Gasteiger partial charge on any atom is -0.342 e. The molecule has 6 nitrogen and oxygen atoms in total. The Morgan fingerprint density at radius 2 is 1.59 bits per heavy atom. The number of nitrogens with zero attached hydrogens (tertiary/aromatic N) is 4. The number of rotatable bonds is 6. The predicted octanol–water partition coefficient (Wildman–Crippen LogP) is 5.73. The summed E-state index contributed by atoms with van der Waals surface area (Å²) in [6.07, 6.45) is 5.15. The van der Waals surface area contributed by atoms with E-state index >= 15 is 0 Å². The zero-order valence-corrected chi connectivity index (χ0v) is 22.5. The number of amides is 1. The molecule has 0 N–H and O–H groups in total. The third-order valence-electron chi connectivity index (χ3n) is 8.07. The van der Waals surface area contributed by atoms with Crippen LogP contribution < -0.4 is 0 Å². The molecule has 2 aliphatic rings. The Morgan fingerprint density at radius 3 is 2.24 bits per heavy atom. The molecule has 5 rings (SSSR count). The van der Waals surface area contributed by atoms with Crippen LogP contribution in [-0.2, 0) is 23.2 Å². The number of benzene rings is 2. The molecule has 0 atom stereocenters. The van der Waals surface area contributed by atoms with Gasteiger partial charge in [-0.3, -0.25) is 9.69 Å². The molecule has 0 spiro atoms. The number of carbonyl (C=O) groups is 1. The van der Waals surface area contributed by atoms with E-state index in [1.807, 2.05) is 0 Å². The first-order valence-electron chi connectivity index (χ1n) is 13.8. The third-order valence-corrected chi connectivity index (χ3v) is 8.07. The molecule has 3 heterocycles. The second kappa shape index (κ2) is 11.2. The number of piperidine rings is 2. The summed E-state index contributed by atoms with van der Waals surface area (Å²) in [5, 5.41) is 4.21. The lowest BCUT2D eigenvalue weighted by Crippen LogP contribution is -2.45. The number of hydrogen-bond donors (Lipinski definition) is 0. The zero-order chi connectivity index (χ0) is 25.8. The molecule has 196 valence electrons. The van der Waals surface area contributed by atoms with Crippen LogP contribution in [0.3, 0.4) is 0 Å². The van der Waals surface area contributed by atoms with E-state index in [1.165, 1.54) is 11.1 Å². The normalized spacial score (nSPS) is 18.3. The Balaban J connectivity index is 1.07. The largest absolute Gasteiger partial charge is 0.342 e. The van der Waals surface area contributed by atoms with Gasteiger partial charge in [0.2, 0.25) is 17.6 Å². The predicted molar refractivity (Wildman–Crippen MR) is 146 cm³/mol. The van der Waals surface area contributed by atoms with Gasteiger partial charge in [-0.25, -0.2) is 0 Å². The Hall–Kier alpha value is -2.99. The maximum atomic E-state index is 13.2. The van der Waals surface area contributed by atoms with E-state index in [9.17, 15) is 4.79 Å². The van der Waals surface area contributed by atoms with Gasteiger partial charge >= 0.3 is 0 Å². The SMILES string of the molecule is CC(C)(C)c1ccc(-c2noc(CN3CCC(C(=O)N4CCC(Cc5ccccc5)CC4)CC3)n2)cc1. The summed E-state index contributed by atoms with van der Waals surface area (Å²) in [6.45, 7) is 10.8. The van der Waals surface area contributed by atoms with Crippen molar-refractivity contribution >= 4 is 5.91 Å². The van der Waals surface area contributed by atoms with Gasteiger partial charge in [0.1, 0.15) is 0 Å². The van der Waals surface area contributed by atoms with Gasteiger partial charge in [0.25, 0.3) is 0 Å². The molecule has 1 amide bonds. The van der Waals surface area contributed by atoms with Crippen LogP contribution in [0.4, 0.5) is 0 Å². The smallest absolute Gasteiger partial charge is 0.241 e. The fourth-order valence-electron chi connectivity index (χ4n) is 5.65. The van der Waals surface area contributed by atoms with Crippen LogP contribution in [-0.4, -0.2) is 52.0 Å². The first kappa shape index (κ1) is 25.7. The molecule has 0 aliphatic carbocycles. The highest BCUT2D eigenvalue weighted by Crippen LogP contribution is 2.27. The fourth-order valence-corrected chi connectivity index (χ4v) is 5.65. The highest BCUT2D eigenvalue weighted by molar-refractivity contribution is 5.79. The molecule has 2 saturated heterocycles. The highest BCUT2D eigenvalue weighted by atomic mass is 16.5. The minimum absolute atomic E-state index is 0.118. The van der Waals surface area contributed by atoms with Crippen LogP contribution in [0.1, 0.15) is 63.5 Å². The Labute approximate surface area is 221 Å². The lowest BCUT2D eigenvalue weighted by Gasteiger charge is -2.37. The van der Waals surface area contributed by atoms with E-state index < -0.39 is 0 Å². The Kier molecular flexibility index (Phi) is 7.75. The van der Waals surface area contributed by atoms with Crippen molar-refractivity contribution in [2.24, 2.45) is 11.8 Å². The van der Waals surface area contributed by atoms with Gasteiger partial charge in [-0.2, -0.15) is 4.98 Å². The van der Waals surface area contributed by atoms with Crippen LogP contribution in [0, 0.1) is 11.8 Å². The van der Waals surface area contributed by atoms with Gasteiger partial charge < -0.3 is 9.42 Å². The van der Waals surface area contributed by atoms with Crippen molar-refractivity contribution in [1.82, 2.24) is 19.9 Å². The van der Waals surface area contributed by atoms with Gasteiger partial charge in [0, 0.05) is 24.6 Å². The molecule has 0 unspecified atom stereocenters. The molecule has 2 aliphatic heterocycles. The van der Waals surface area contributed by atoms with Crippen molar-refractivity contribution in [3.8, 4) is 11.4 Å². The maximum Gasteiger partial charge on any atom is 0.241 e. The van der Waals surface area contributed by atoms with Gasteiger partial charge in [0.05, 0.1) is 6.54 Å². The molecule has 1 aromatic heterocycles. The van der Waals surface area contributed by atoms with Gasteiger partial charge in [0.15, 0.2) is 0 Å². The number of likely N-dealkylation sites (tertiary alicyclic amines) is 2. The van der Waals surface area contributed by atoms with Crippen molar-refractivity contribution < 1.29 is 9.32 Å². The number of carbonyl (C=O) groups excluding carboxylic acids is 1. The summed E-state index contributed by atoms with van der Waals surface area (Å²) in [5.41, 5.74) is 3.79. The van der Waals surface area contributed by atoms with E-state index in [0.29, 0.717) is 30.1 Å². The number of aromatic nitrogens is 2. The fraction of sp³-hybridized carbons (Fsp3) is 0.516. The number of hydrogen-bond acceptors (Lipinski definition) is 5. The van der Waals surface area contributed by atoms with E-state index in [-0.39, 0.29) is 11.3 Å². The van der Waals surface area contributed by atoms with Gasteiger partial charge in [-0.1, -0.05) is 80.5 Å². The van der Waals surface area contributed by atoms with Crippen LogP contribution in [0.15, 0.2) is 59.1 Å². The molecule has 37 heavy (non-hydrogen) atoms. The zero-order valence-electron chi connectivity index (χ0n) is 22.5. The minimum atomic E-state index is 0.118. The molecule has 3 aromatic rings. The summed E-state index contributed by atoms with van der Waals surface area (Å²) in [6, 6.07) is 19.1. The van der Waals surface area contributed by atoms with E-state index in [1.54, 1.807) is 0 Å². The molecule has 2 fully saturated rings. The molecule has 0 radical (unpaired) electrons. The third kappa shape index (κ3) is 6.48. The van der Waals surface area contributed by atoms with Crippen molar-refractivity contribution in [2.45, 2.75) is 64.8 Å². The van der Waals surface area contributed by atoms with Crippen LogP contribution in [0.5, 0.6) is 0 Å². The van der Waals surface area contributed by atoms with Gasteiger partial charge in [-0.05, 0) is 67.7 Å². The summed E-state index contributed by atoms with van der Waals surface area (Å²) >= 11 is 0. The molecule has 6 heteroatoms. The van der Waals surface area contributed by atoms with Crippen molar-refractivity contribution in [3.63, 3.8) is 0 Å². The van der Waals surface area contributed by atoms with E-state index in [2.05, 4.69) is 95.3 Å². The molecule has 0 bridgehead atoms.